The average Bonchev–Trinajstić information content (AvgIpc) is 2.50. The SMILES string of the molecule is FC(F)(F)c1cccc2c(CCCBr)c3ccccc3cc12. The van der Waals surface area contributed by atoms with Gasteiger partial charge in [0.25, 0.3) is 0 Å². The lowest BCUT2D eigenvalue weighted by atomic mass is 9.92. The smallest absolute Gasteiger partial charge is 0.166 e. The third-order valence-corrected chi connectivity index (χ3v) is 4.44. The molecule has 22 heavy (non-hydrogen) atoms. The molecular formula is C18H14BrF3. The molecule has 0 saturated carbocycles. The van der Waals surface area contributed by atoms with Crippen LogP contribution in [-0.4, -0.2) is 5.33 Å². The maximum absolute atomic E-state index is 13.3. The van der Waals surface area contributed by atoms with Crippen molar-refractivity contribution in [3.8, 4) is 0 Å². The molecule has 0 saturated heterocycles. The van der Waals surface area contributed by atoms with Gasteiger partial charge in [-0.15, -0.1) is 0 Å². The van der Waals surface area contributed by atoms with Crippen molar-refractivity contribution in [2.45, 2.75) is 19.0 Å². The summed E-state index contributed by atoms with van der Waals surface area (Å²) in [4.78, 5) is 0. The number of alkyl halides is 4. The van der Waals surface area contributed by atoms with E-state index in [2.05, 4.69) is 15.9 Å². The third-order valence-electron chi connectivity index (χ3n) is 3.88. The van der Waals surface area contributed by atoms with Gasteiger partial charge in [0.1, 0.15) is 0 Å². The number of rotatable bonds is 3. The molecule has 0 atom stereocenters. The van der Waals surface area contributed by atoms with Crippen molar-refractivity contribution >= 4 is 37.5 Å². The van der Waals surface area contributed by atoms with E-state index >= 15 is 0 Å². The highest BCUT2D eigenvalue weighted by Gasteiger charge is 2.32. The molecule has 0 amide bonds. The van der Waals surface area contributed by atoms with Crippen LogP contribution in [0.25, 0.3) is 21.5 Å². The molecule has 3 aromatic carbocycles. The van der Waals surface area contributed by atoms with E-state index in [9.17, 15) is 13.2 Å². The lowest BCUT2D eigenvalue weighted by Gasteiger charge is -2.15. The first-order chi connectivity index (χ1) is 10.5. The fraction of sp³-hybridized carbons (Fsp3) is 0.222. The molecule has 114 valence electrons. The van der Waals surface area contributed by atoms with Crippen LogP contribution < -0.4 is 0 Å². The molecule has 0 aliphatic rings. The molecule has 3 aromatic rings. The molecule has 0 N–H and O–H groups in total. The zero-order chi connectivity index (χ0) is 15.7. The molecule has 4 heteroatoms. The van der Waals surface area contributed by atoms with Gasteiger partial charge in [0.2, 0.25) is 0 Å². The van der Waals surface area contributed by atoms with E-state index in [1.165, 1.54) is 6.07 Å². The predicted molar refractivity (Wildman–Crippen MR) is 88.6 cm³/mol. The summed E-state index contributed by atoms with van der Waals surface area (Å²) in [7, 11) is 0. The first-order valence-electron chi connectivity index (χ1n) is 7.09. The van der Waals surface area contributed by atoms with E-state index in [0.29, 0.717) is 10.8 Å². The number of fused-ring (bicyclic) bond motifs is 2. The highest BCUT2D eigenvalue weighted by atomic mass is 79.9. The Balaban J connectivity index is 2.40. The van der Waals surface area contributed by atoms with Crippen molar-refractivity contribution in [3.63, 3.8) is 0 Å². The van der Waals surface area contributed by atoms with Crippen LogP contribution in [0, 0.1) is 0 Å². The van der Waals surface area contributed by atoms with Crippen molar-refractivity contribution in [2.24, 2.45) is 0 Å². The monoisotopic (exact) mass is 366 g/mol. The van der Waals surface area contributed by atoms with Gasteiger partial charge in [-0.2, -0.15) is 13.2 Å². The quantitative estimate of drug-likeness (QED) is 0.374. The summed E-state index contributed by atoms with van der Waals surface area (Å²) in [5, 5.41) is 3.72. The van der Waals surface area contributed by atoms with E-state index in [1.807, 2.05) is 24.3 Å². The summed E-state index contributed by atoms with van der Waals surface area (Å²) in [6, 6.07) is 13.8. The van der Waals surface area contributed by atoms with Crippen LogP contribution in [0.4, 0.5) is 13.2 Å². The lowest BCUT2D eigenvalue weighted by molar-refractivity contribution is -0.136. The minimum atomic E-state index is -4.34. The van der Waals surface area contributed by atoms with Crippen LogP contribution >= 0.6 is 15.9 Å². The summed E-state index contributed by atoms with van der Waals surface area (Å²) in [5.41, 5.74) is 0.439. The molecule has 0 unspecified atom stereocenters. The Labute approximate surface area is 135 Å². The van der Waals surface area contributed by atoms with Crippen LogP contribution in [-0.2, 0) is 12.6 Å². The maximum atomic E-state index is 13.3. The van der Waals surface area contributed by atoms with Crippen LogP contribution in [0.5, 0.6) is 0 Å². The van der Waals surface area contributed by atoms with E-state index < -0.39 is 11.7 Å². The molecule has 0 radical (unpaired) electrons. The molecule has 0 bridgehead atoms. The van der Waals surface area contributed by atoms with Gasteiger partial charge in [0.05, 0.1) is 5.56 Å². The number of aryl methyl sites for hydroxylation is 1. The second-order valence-electron chi connectivity index (χ2n) is 5.27. The van der Waals surface area contributed by atoms with Gasteiger partial charge in [-0.1, -0.05) is 52.3 Å². The average molecular weight is 367 g/mol. The Morgan fingerprint density at radius 2 is 1.59 bits per heavy atom. The van der Waals surface area contributed by atoms with Crippen molar-refractivity contribution in [2.75, 3.05) is 5.33 Å². The zero-order valence-corrected chi connectivity index (χ0v) is 13.3. The Bertz CT molecular complexity index is 822. The largest absolute Gasteiger partial charge is 0.417 e. The molecule has 0 aliphatic heterocycles. The summed E-state index contributed by atoms with van der Waals surface area (Å²) in [6.45, 7) is 0. The molecule has 0 nitrogen and oxygen atoms in total. The van der Waals surface area contributed by atoms with E-state index in [4.69, 9.17) is 0 Å². The van der Waals surface area contributed by atoms with Crippen molar-refractivity contribution in [1.29, 1.82) is 0 Å². The molecule has 0 spiro atoms. The number of hydrogen-bond acceptors (Lipinski definition) is 0. The lowest BCUT2D eigenvalue weighted by Crippen LogP contribution is -2.06. The van der Waals surface area contributed by atoms with Crippen LogP contribution in [0.2, 0.25) is 0 Å². The maximum Gasteiger partial charge on any atom is 0.417 e. The Morgan fingerprint density at radius 1 is 0.864 bits per heavy atom. The van der Waals surface area contributed by atoms with Gasteiger partial charge >= 0.3 is 6.18 Å². The summed E-state index contributed by atoms with van der Waals surface area (Å²) >= 11 is 3.40. The van der Waals surface area contributed by atoms with Gasteiger partial charge in [0, 0.05) is 5.33 Å². The van der Waals surface area contributed by atoms with E-state index in [-0.39, 0.29) is 0 Å². The van der Waals surface area contributed by atoms with Gasteiger partial charge in [-0.25, -0.2) is 0 Å². The third kappa shape index (κ3) is 2.72. The van der Waals surface area contributed by atoms with Crippen LogP contribution in [0.15, 0.2) is 48.5 Å². The highest BCUT2D eigenvalue weighted by Crippen LogP contribution is 2.38. The minimum Gasteiger partial charge on any atom is -0.166 e. The molecule has 0 heterocycles. The molecule has 0 aromatic heterocycles. The summed E-state index contributed by atoms with van der Waals surface area (Å²) in [6.07, 6.45) is -2.70. The topological polar surface area (TPSA) is 0 Å². The van der Waals surface area contributed by atoms with Gasteiger partial charge in [-0.05, 0) is 52.1 Å². The van der Waals surface area contributed by atoms with Gasteiger partial charge in [0.15, 0.2) is 0 Å². The highest BCUT2D eigenvalue weighted by molar-refractivity contribution is 9.09. The zero-order valence-electron chi connectivity index (χ0n) is 11.8. The second-order valence-corrected chi connectivity index (χ2v) is 6.06. The first-order valence-corrected chi connectivity index (χ1v) is 8.21. The first kappa shape index (κ1) is 15.3. The van der Waals surface area contributed by atoms with Crippen molar-refractivity contribution in [3.05, 3.63) is 59.7 Å². The van der Waals surface area contributed by atoms with Crippen molar-refractivity contribution in [1.82, 2.24) is 0 Å². The summed E-state index contributed by atoms with van der Waals surface area (Å²) < 4.78 is 39.9. The predicted octanol–water partition coefficient (Wildman–Crippen LogP) is 6.34. The summed E-state index contributed by atoms with van der Waals surface area (Å²) in [5.74, 6) is 0. The van der Waals surface area contributed by atoms with E-state index in [0.717, 1.165) is 40.6 Å². The van der Waals surface area contributed by atoms with E-state index in [1.54, 1.807) is 12.1 Å². The molecule has 3 rings (SSSR count). The second kappa shape index (κ2) is 5.92. The number of halogens is 4. The van der Waals surface area contributed by atoms with Crippen LogP contribution in [0.3, 0.4) is 0 Å². The van der Waals surface area contributed by atoms with Crippen molar-refractivity contribution < 1.29 is 13.2 Å². The molecule has 0 fully saturated rings. The molecule has 0 aliphatic carbocycles. The molecular weight excluding hydrogens is 353 g/mol. The van der Waals surface area contributed by atoms with Gasteiger partial charge < -0.3 is 0 Å². The minimum absolute atomic E-state index is 0.290. The standard InChI is InChI=1S/C18H14BrF3/c19-10-4-8-14-13-6-2-1-5-12(13)11-16-15(14)7-3-9-17(16)18(20,21)22/h1-3,5-7,9,11H,4,8,10H2. The van der Waals surface area contributed by atoms with Gasteiger partial charge in [-0.3, -0.25) is 0 Å². The number of hydrogen-bond donors (Lipinski definition) is 0. The fourth-order valence-electron chi connectivity index (χ4n) is 2.94. The Morgan fingerprint density at radius 3 is 2.32 bits per heavy atom. The normalized spacial score (nSPS) is 12.2. The number of benzene rings is 3. The van der Waals surface area contributed by atoms with Crippen LogP contribution in [0.1, 0.15) is 17.5 Å². The Kier molecular flexibility index (Phi) is 4.13. The Hall–Kier alpha value is -1.55. The fourth-order valence-corrected chi connectivity index (χ4v) is 3.22.